The summed E-state index contributed by atoms with van der Waals surface area (Å²) in [6, 6.07) is 15.0. The van der Waals surface area contributed by atoms with E-state index in [-0.39, 0.29) is 16.9 Å². The summed E-state index contributed by atoms with van der Waals surface area (Å²) in [4.78, 5) is 17.1. The van der Waals surface area contributed by atoms with Crippen LogP contribution < -0.4 is 15.8 Å². The zero-order valence-corrected chi connectivity index (χ0v) is 18.7. The number of ether oxygens (including phenoxy) is 1. The van der Waals surface area contributed by atoms with Crippen LogP contribution in [-0.4, -0.2) is 21.8 Å². The number of Topliss-reactive ketones (excluding diaryl/α,β-unsaturated/α-hetero) is 1. The van der Waals surface area contributed by atoms with Crippen LogP contribution in [0.5, 0.6) is 11.5 Å². The average molecular weight is 418 g/mol. The standard InChI is InChI=1S/C26H31N3O2/c1-25(2)15-17(16-26(3,4)29-25)14-22(30)18-8-10-19(11-9-18)31-23-7-5-6-21-20(23)12-13-28-24(21)27/h5-13,17,29H,14-16H2,1-4H3,(H2,27,28). The Morgan fingerprint density at radius 3 is 2.39 bits per heavy atom. The first kappa shape index (κ1) is 21.3. The van der Waals surface area contributed by atoms with Crippen molar-refractivity contribution in [2.24, 2.45) is 5.92 Å². The van der Waals surface area contributed by atoms with E-state index in [9.17, 15) is 4.79 Å². The minimum atomic E-state index is 0.0434. The lowest BCUT2D eigenvalue weighted by atomic mass is 9.74. The monoisotopic (exact) mass is 417 g/mol. The molecule has 0 spiro atoms. The number of carbonyl (C=O) groups excluding carboxylic acids is 1. The maximum absolute atomic E-state index is 12.9. The summed E-state index contributed by atoms with van der Waals surface area (Å²) in [5.41, 5.74) is 6.79. The molecule has 1 aliphatic heterocycles. The normalized spacial score (nSPS) is 18.1. The number of nitrogens with one attached hydrogen (secondary N) is 1. The molecule has 0 atom stereocenters. The predicted octanol–water partition coefficient (Wildman–Crippen LogP) is 5.74. The lowest BCUT2D eigenvalue weighted by molar-refractivity contribution is 0.0864. The molecule has 0 saturated carbocycles. The van der Waals surface area contributed by atoms with Crippen molar-refractivity contribution in [2.75, 3.05) is 5.73 Å². The van der Waals surface area contributed by atoms with Crippen LogP contribution in [0.4, 0.5) is 5.82 Å². The van der Waals surface area contributed by atoms with E-state index >= 15 is 0 Å². The number of aromatic nitrogens is 1. The van der Waals surface area contributed by atoms with Crippen LogP contribution in [0.25, 0.3) is 10.8 Å². The van der Waals surface area contributed by atoms with Gasteiger partial charge in [0.25, 0.3) is 0 Å². The van der Waals surface area contributed by atoms with Crippen LogP contribution in [-0.2, 0) is 0 Å². The second-order valence-electron chi connectivity index (χ2n) is 9.97. The predicted molar refractivity (Wildman–Crippen MR) is 126 cm³/mol. The van der Waals surface area contributed by atoms with Crippen LogP contribution in [0.1, 0.15) is 57.3 Å². The van der Waals surface area contributed by atoms with Gasteiger partial charge < -0.3 is 15.8 Å². The molecule has 1 fully saturated rings. The maximum atomic E-state index is 12.9. The van der Waals surface area contributed by atoms with Crippen LogP contribution in [0.2, 0.25) is 0 Å². The number of carbonyl (C=O) groups is 1. The second kappa shape index (κ2) is 7.97. The highest BCUT2D eigenvalue weighted by Crippen LogP contribution is 2.36. The third-order valence-electron chi connectivity index (χ3n) is 5.95. The Morgan fingerprint density at radius 2 is 1.71 bits per heavy atom. The smallest absolute Gasteiger partial charge is 0.163 e. The number of pyridine rings is 1. The van der Waals surface area contributed by atoms with Gasteiger partial charge in [-0.15, -0.1) is 0 Å². The number of nitrogens with two attached hydrogens (primary N) is 1. The molecule has 2 aromatic carbocycles. The topological polar surface area (TPSA) is 77.2 Å². The first-order chi connectivity index (χ1) is 14.6. The molecular weight excluding hydrogens is 386 g/mol. The molecule has 0 radical (unpaired) electrons. The van der Waals surface area contributed by atoms with Gasteiger partial charge >= 0.3 is 0 Å². The van der Waals surface area contributed by atoms with E-state index in [1.165, 1.54) is 0 Å². The summed E-state index contributed by atoms with van der Waals surface area (Å²) in [5.74, 6) is 2.44. The van der Waals surface area contributed by atoms with E-state index in [0.717, 1.165) is 29.2 Å². The van der Waals surface area contributed by atoms with Gasteiger partial charge in [-0.1, -0.05) is 12.1 Å². The van der Waals surface area contributed by atoms with Gasteiger partial charge in [-0.3, -0.25) is 4.79 Å². The highest BCUT2D eigenvalue weighted by Gasteiger charge is 2.38. The summed E-state index contributed by atoms with van der Waals surface area (Å²) in [5, 5.41) is 5.45. The molecule has 31 heavy (non-hydrogen) atoms. The largest absolute Gasteiger partial charge is 0.457 e. The molecule has 5 heteroatoms. The third kappa shape index (κ3) is 4.88. The molecule has 162 valence electrons. The lowest BCUT2D eigenvalue weighted by Crippen LogP contribution is -2.57. The number of nitrogen functional groups attached to an aromatic ring is 1. The molecule has 0 unspecified atom stereocenters. The fraction of sp³-hybridized carbons (Fsp3) is 0.385. The lowest BCUT2D eigenvalue weighted by Gasteiger charge is -2.46. The molecule has 5 nitrogen and oxygen atoms in total. The molecule has 1 saturated heterocycles. The first-order valence-corrected chi connectivity index (χ1v) is 10.9. The molecule has 1 aromatic heterocycles. The van der Waals surface area contributed by atoms with Crippen LogP contribution >= 0.6 is 0 Å². The Hall–Kier alpha value is -2.92. The molecule has 0 bridgehead atoms. The van der Waals surface area contributed by atoms with E-state index in [1.54, 1.807) is 6.20 Å². The maximum Gasteiger partial charge on any atom is 0.163 e. The Morgan fingerprint density at radius 1 is 1.03 bits per heavy atom. The molecule has 1 aliphatic rings. The number of rotatable bonds is 5. The van der Waals surface area contributed by atoms with E-state index in [4.69, 9.17) is 10.5 Å². The number of hydrogen-bond acceptors (Lipinski definition) is 5. The zero-order chi connectivity index (χ0) is 22.2. The van der Waals surface area contributed by atoms with Crippen molar-refractivity contribution < 1.29 is 9.53 Å². The van der Waals surface area contributed by atoms with Gasteiger partial charge in [0.15, 0.2) is 5.78 Å². The molecule has 0 amide bonds. The summed E-state index contributed by atoms with van der Waals surface area (Å²) in [6.45, 7) is 8.87. The number of ketones is 1. The first-order valence-electron chi connectivity index (χ1n) is 10.9. The van der Waals surface area contributed by atoms with Crippen LogP contribution in [0.3, 0.4) is 0 Å². The number of nitrogens with zero attached hydrogens (tertiary/aromatic N) is 1. The Bertz CT molecular complexity index is 1090. The van der Waals surface area contributed by atoms with Crippen molar-refractivity contribution in [3.63, 3.8) is 0 Å². The quantitative estimate of drug-likeness (QED) is 0.518. The van der Waals surface area contributed by atoms with Gasteiger partial charge in [0, 0.05) is 40.0 Å². The van der Waals surface area contributed by atoms with Crippen molar-refractivity contribution >= 4 is 22.4 Å². The van der Waals surface area contributed by atoms with Gasteiger partial charge in [0.05, 0.1) is 0 Å². The number of anilines is 1. The Balaban J connectivity index is 1.46. The highest BCUT2D eigenvalue weighted by atomic mass is 16.5. The second-order valence-corrected chi connectivity index (χ2v) is 9.97. The molecule has 0 aliphatic carbocycles. The Labute approximate surface area is 184 Å². The van der Waals surface area contributed by atoms with E-state index in [0.29, 0.717) is 29.7 Å². The van der Waals surface area contributed by atoms with Gasteiger partial charge in [0.1, 0.15) is 17.3 Å². The molecule has 2 heterocycles. The van der Waals surface area contributed by atoms with Crippen molar-refractivity contribution in [3.05, 3.63) is 60.3 Å². The average Bonchev–Trinajstić information content (AvgIpc) is 2.67. The third-order valence-corrected chi connectivity index (χ3v) is 5.95. The molecule has 3 N–H and O–H groups in total. The van der Waals surface area contributed by atoms with Crippen molar-refractivity contribution in [3.8, 4) is 11.5 Å². The van der Waals surface area contributed by atoms with Crippen LogP contribution in [0.15, 0.2) is 54.7 Å². The number of piperidine rings is 1. The summed E-state index contributed by atoms with van der Waals surface area (Å²) >= 11 is 0. The molecular formula is C26H31N3O2. The van der Waals surface area contributed by atoms with E-state index in [2.05, 4.69) is 38.0 Å². The fourth-order valence-electron chi connectivity index (χ4n) is 5.18. The SMILES string of the molecule is CC1(C)CC(CC(=O)c2ccc(Oc3cccc4c(N)nccc34)cc2)CC(C)(C)N1. The summed E-state index contributed by atoms with van der Waals surface area (Å²) in [7, 11) is 0. The minimum Gasteiger partial charge on any atom is -0.457 e. The van der Waals surface area contributed by atoms with Gasteiger partial charge in [0.2, 0.25) is 0 Å². The zero-order valence-electron chi connectivity index (χ0n) is 18.7. The molecule has 4 rings (SSSR count). The molecule has 3 aromatic rings. The highest BCUT2D eigenvalue weighted by molar-refractivity contribution is 5.96. The number of fused-ring (bicyclic) bond motifs is 1. The van der Waals surface area contributed by atoms with Gasteiger partial charge in [-0.05, 0) is 82.9 Å². The minimum absolute atomic E-state index is 0.0434. The van der Waals surface area contributed by atoms with E-state index in [1.807, 2.05) is 48.5 Å². The summed E-state index contributed by atoms with van der Waals surface area (Å²) < 4.78 is 6.08. The van der Waals surface area contributed by atoms with Crippen molar-refractivity contribution in [1.82, 2.24) is 10.3 Å². The van der Waals surface area contributed by atoms with Crippen molar-refractivity contribution in [2.45, 2.75) is 58.0 Å². The van der Waals surface area contributed by atoms with Crippen LogP contribution in [0, 0.1) is 5.92 Å². The summed E-state index contributed by atoms with van der Waals surface area (Å²) in [6.07, 6.45) is 4.25. The van der Waals surface area contributed by atoms with Crippen molar-refractivity contribution in [1.29, 1.82) is 0 Å². The Kier molecular flexibility index (Phi) is 5.48. The fourth-order valence-corrected chi connectivity index (χ4v) is 5.18. The van der Waals surface area contributed by atoms with E-state index < -0.39 is 0 Å². The number of benzene rings is 2. The van der Waals surface area contributed by atoms with Gasteiger partial charge in [-0.2, -0.15) is 0 Å². The number of hydrogen-bond donors (Lipinski definition) is 2. The van der Waals surface area contributed by atoms with Gasteiger partial charge in [-0.25, -0.2) is 4.98 Å².